The Bertz CT molecular complexity index is 668. The van der Waals surface area contributed by atoms with Crippen LogP contribution in [0.1, 0.15) is 24.9 Å². The van der Waals surface area contributed by atoms with E-state index in [1.807, 2.05) is 13.0 Å². The quantitative estimate of drug-likeness (QED) is 0.929. The first kappa shape index (κ1) is 14.1. The van der Waals surface area contributed by atoms with Crippen molar-refractivity contribution < 1.29 is 4.79 Å². The van der Waals surface area contributed by atoms with Crippen LogP contribution in [-0.4, -0.2) is 25.5 Å². The number of amides is 1. The second-order valence-electron chi connectivity index (χ2n) is 4.19. The third kappa shape index (κ3) is 2.65. The SMILES string of the molecule is CC[C@@H](C(=O)Nc1c(C#N)cnn1C)n1cc(Cl)cn1. The van der Waals surface area contributed by atoms with Gasteiger partial charge >= 0.3 is 0 Å². The molecule has 1 N–H and O–H groups in total. The van der Waals surface area contributed by atoms with Crippen LogP contribution in [0, 0.1) is 11.3 Å². The number of nitrogens with zero attached hydrogens (tertiary/aromatic N) is 5. The summed E-state index contributed by atoms with van der Waals surface area (Å²) in [7, 11) is 1.65. The average Bonchev–Trinajstić information content (AvgIpc) is 2.98. The van der Waals surface area contributed by atoms with Gasteiger partial charge in [-0.25, -0.2) is 0 Å². The first-order chi connectivity index (χ1) is 9.56. The number of halogens is 1. The van der Waals surface area contributed by atoms with E-state index in [0.717, 1.165) is 0 Å². The topological polar surface area (TPSA) is 88.5 Å². The Morgan fingerprint density at radius 2 is 2.30 bits per heavy atom. The predicted octanol–water partition coefficient (Wildman–Crippen LogP) is 1.73. The van der Waals surface area contributed by atoms with Crippen LogP contribution < -0.4 is 5.32 Å². The Morgan fingerprint density at radius 3 is 2.85 bits per heavy atom. The summed E-state index contributed by atoms with van der Waals surface area (Å²) in [6.07, 6.45) is 5.01. The number of aromatic nitrogens is 4. The molecule has 1 atom stereocenters. The smallest absolute Gasteiger partial charge is 0.250 e. The molecule has 0 radical (unpaired) electrons. The number of carbonyl (C=O) groups is 1. The van der Waals surface area contributed by atoms with Crippen LogP contribution in [0.4, 0.5) is 5.82 Å². The van der Waals surface area contributed by atoms with E-state index >= 15 is 0 Å². The fourth-order valence-corrected chi connectivity index (χ4v) is 1.99. The summed E-state index contributed by atoms with van der Waals surface area (Å²) in [6.45, 7) is 1.87. The first-order valence-corrected chi connectivity index (χ1v) is 6.37. The van der Waals surface area contributed by atoms with Gasteiger partial charge in [0.1, 0.15) is 23.5 Å². The van der Waals surface area contributed by atoms with Crippen LogP contribution in [0.5, 0.6) is 0 Å². The molecule has 2 aromatic rings. The van der Waals surface area contributed by atoms with Crippen molar-refractivity contribution in [2.24, 2.45) is 7.05 Å². The maximum absolute atomic E-state index is 12.3. The predicted molar refractivity (Wildman–Crippen MR) is 73.1 cm³/mol. The number of rotatable bonds is 4. The van der Waals surface area contributed by atoms with Crippen LogP contribution in [0.3, 0.4) is 0 Å². The third-order valence-electron chi connectivity index (χ3n) is 2.88. The molecule has 1 amide bonds. The molecule has 0 bridgehead atoms. The molecule has 0 aliphatic carbocycles. The lowest BCUT2D eigenvalue weighted by Crippen LogP contribution is -2.27. The monoisotopic (exact) mass is 292 g/mol. The van der Waals surface area contributed by atoms with Crippen molar-refractivity contribution in [3.63, 3.8) is 0 Å². The molecule has 20 heavy (non-hydrogen) atoms. The Morgan fingerprint density at radius 1 is 1.55 bits per heavy atom. The Kier molecular flexibility index (Phi) is 4.05. The highest BCUT2D eigenvalue weighted by atomic mass is 35.5. The first-order valence-electron chi connectivity index (χ1n) is 5.99. The number of nitriles is 1. The van der Waals surface area contributed by atoms with Gasteiger partial charge < -0.3 is 5.32 Å². The molecule has 0 spiro atoms. The molecule has 0 saturated heterocycles. The molecular weight excluding hydrogens is 280 g/mol. The van der Waals surface area contributed by atoms with Crippen LogP contribution in [0.2, 0.25) is 5.02 Å². The zero-order chi connectivity index (χ0) is 14.7. The second-order valence-corrected chi connectivity index (χ2v) is 4.63. The number of hydrogen-bond donors (Lipinski definition) is 1. The van der Waals surface area contributed by atoms with E-state index in [4.69, 9.17) is 16.9 Å². The van der Waals surface area contributed by atoms with Crippen LogP contribution in [0.15, 0.2) is 18.6 Å². The van der Waals surface area contributed by atoms with E-state index < -0.39 is 6.04 Å². The van der Waals surface area contributed by atoms with Crippen molar-refractivity contribution in [1.82, 2.24) is 19.6 Å². The van der Waals surface area contributed by atoms with Crippen LogP contribution in [-0.2, 0) is 11.8 Å². The van der Waals surface area contributed by atoms with Gasteiger partial charge in [-0.05, 0) is 6.42 Å². The molecule has 0 fully saturated rings. The number of aryl methyl sites for hydroxylation is 1. The van der Waals surface area contributed by atoms with Gasteiger partial charge in [0.2, 0.25) is 5.91 Å². The van der Waals surface area contributed by atoms with Crippen molar-refractivity contribution in [3.8, 4) is 6.07 Å². The molecule has 104 valence electrons. The molecule has 2 rings (SSSR count). The molecule has 2 heterocycles. The van der Waals surface area contributed by atoms with Gasteiger partial charge in [-0.3, -0.25) is 14.2 Å². The largest absolute Gasteiger partial charge is 0.308 e. The number of hydrogen-bond acceptors (Lipinski definition) is 4. The lowest BCUT2D eigenvalue weighted by Gasteiger charge is -2.15. The normalized spacial score (nSPS) is 11.9. The summed E-state index contributed by atoms with van der Waals surface area (Å²) >= 11 is 5.81. The van der Waals surface area contributed by atoms with Crippen molar-refractivity contribution >= 4 is 23.3 Å². The van der Waals surface area contributed by atoms with Crippen LogP contribution in [0.25, 0.3) is 0 Å². The van der Waals surface area contributed by atoms with Gasteiger partial charge in [0, 0.05) is 13.2 Å². The van der Waals surface area contributed by atoms with E-state index in [-0.39, 0.29) is 5.91 Å². The van der Waals surface area contributed by atoms with Gasteiger partial charge in [0.15, 0.2) is 0 Å². The highest BCUT2D eigenvalue weighted by molar-refractivity contribution is 6.30. The molecule has 0 unspecified atom stereocenters. The van der Waals surface area contributed by atoms with Crippen molar-refractivity contribution in [2.75, 3.05) is 5.32 Å². The molecule has 0 saturated carbocycles. The minimum absolute atomic E-state index is 0.271. The van der Waals surface area contributed by atoms with Gasteiger partial charge in [-0.2, -0.15) is 15.5 Å². The summed E-state index contributed by atoms with van der Waals surface area (Å²) in [6, 6.07) is 1.48. The minimum atomic E-state index is -0.496. The standard InChI is InChI=1S/C12H13ClN6O/c1-3-10(19-7-9(13)6-16-19)12(20)17-11-8(4-14)5-15-18(11)2/h5-7,10H,3H2,1-2H3,(H,17,20)/t10-/m0/s1. The molecule has 8 heteroatoms. The number of nitrogens with one attached hydrogen (secondary N) is 1. The van der Waals surface area contributed by atoms with Gasteiger partial charge in [0.05, 0.1) is 17.4 Å². The molecule has 0 aliphatic heterocycles. The maximum atomic E-state index is 12.3. The number of anilines is 1. The fraction of sp³-hybridized carbons (Fsp3) is 0.333. The van der Waals surface area contributed by atoms with Gasteiger partial charge in [0.25, 0.3) is 0 Å². The highest BCUT2D eigenvalue weighted by Gasteiger charge is 2.21. The maximum Gasteiger partial charge on any atom is 0.250 e. The molecular formula is C12H13ClN6O. The molecule has 2 aromatic heterocycles. The zero-order valence-electron chi connectivity index (χ0n) is 11.0. The summed E-state index contributed by atoms with van der Waals surface area (Å²) in [5.74, 6) is 0.0987. The molecule has 0 aromatic carbocycles. The molecule has 0 aliphatic rings. The van der Waals surface area contributed by atoms with Crippen molar-refractivity contribution in [3.05, 3.63) is 29.2 Å². The number of carbonyl (C=O) groups excluding carboxylic acids is 1. The summed E-state index contributed by atoms with van der Waals surface area (Å²) in [5.41, 5.74) is 0.314. The lowest BCUT2D eigenvalue weighted by molar-refractivity contribution is -0.119. The lowest BCUT2D eigenvalue weighted by atomic mass is 10.2. The fourth-order valence-electron chi connectivity index (χ4n) is 1.85. The van der Waals surface area contributed by atoms with Crippen molar-refractivity contribution in [1.29, 1.82) is 5.26 Å². The Balaban J connectivity index is 2.22. The van der Waals surface area contributed by atoms with E-state index in [9.17, 15) is 4.79 Å². The van der Waals surface area contributed by atoms with Gasteiger partial charge in [-0.15, -0.1) is 0 Å². The van der Waals surface area contributed by atoms with E-state index in [1.165, 1.54) is 21.8 Å². The Labute approximate surface area is 120 Å². The summed E-state index contributed by atoms with van der Waals surface area (Å²) in [5, 5.41) is 20.1. The van der Waals surface area contributed by atoms with E-state index in [0.29, 0.717) is 22.8 Å². The van der Waals surface area contributed by atoms with Gasteiger partial charge in [-0.1, -0.05) is 18.5 Å². The minimum Gasteiger partial charge on any atom is -0.308 e. The average molecular weight is 293 g/mol. The second kappa shape index (κ2) is 5.75. The summed E-state index contributed by atoms with van der Waals surface area (Å²) in [4.78, 5) is 12.3. The zero-order valence-corrected chi connectivity index (χ0v) is 11.8. The molecule has 7 nitrogen and oxygen atoms in total. The van der Waals surface area contributed by atoms with E-state index in [1.54, 1.807) is 13.2 Å². The highest BCUT2D eigenvalue weighted by Crippen LogP contribution is 2.18. The van der Waals surface area contributed by atoms with E-state index in [2.05, 4.69) is 15.5 Å². The van der Waals surface area contributed by atoms with Crippen LogP contribution >= 0.6 is 11.6 Å². The third-order valence-corrected chi connectivity index (χ3v) is 3.07. The van der Waals surface area contributed by atoms with Crippen molar-refractivity contribution in [2.45, 2.75) is 19.4 Å². The summed E-state index contributed by atoms with van der Waals surface area (Å²) < 4.78 is 2.94. The Hall–Kier alpha value is -2.33.